The van der Waals surface area contributed by atoms with Crippen molar-refractivity contribution in [3.63, 3.8) is 0 Å². The summed E-state index contributed by atoms with van der Waals surface area (Å²) in [5.41, 5.74) is 1.07. The number of rotatable bonds is 7. The molecule has 0 radical (unpaired) electrons. The van der Waals surface area contributed by atoms with Gasteiger partial charge in [0.15, 0.2) is 11.6 Å². The molecule has 228 valence electrons. The van der Waals surface area contributed by atoms with Crippen molar-refractivity contribution in [1.82, 2.24) is 29.6 Å². The highest BCUT2D eigenvalue weighted by atomic mass is 19.1. The quantitative estimate of drug-likeness (QED) is 0.434. The van der Waals surface area contributed by atoms with Crippen LogP contribution in [0, 0.1) is 17.6 Å². The molecule has 3 aromatic rings. The highest BCUT2D eigenvalue weighted by Crippen LogP contribution is 2.33. The SMILES string of the molecule is CC(NC(=O)c1cn2cccnc2n1)C(=O)N1CCN(c2c(F)cc(N3CC(CN4C=CC5CC5=N4)OC3=O)cc2F)CC1. The first-order valence-electron chi connectivity index (χ1n) is 14.4. The van der Waals surface area contributed by atoms with Crippen molar-refractivity contribution in [2.75, 3.05) is 49.1 Å². The molecule has 1 N–H and O–H groups in total. The van der Waals surface area contributed by atoms with Crippen LogP contribution in [0.4, 0.5) is 25.0 Å². The molecule has 1 aromatic carbocycles. The number of carbonyl (C=O) groups is 3. The number of halogens is 2. The predicted octanol–water partition coefficient (Wildman–Crippen LogP) is 2.00. The van der Waals surface area contributed by atoms with Crippen LogP contribution < -0.4 is 15.1 Å². The molecule has 3 atom stereocenters. The molecule has 7 rings (SSSR count). The number of anilines is 2. The number of benzene rings is 1. The summed E-state index contributed by atoms with van der Waals surface area (Å²) < 4.78 is 37.7. The van der Waals surface area contributed by atoms with E-state index >= 15 is 8.78 Å². The van der Waals surface area contributed by atoms with Crippen molar-refractivity contribution in [2.45, 2.75) is 25.5 Å². The Kier molecular flexibility index (Phi) is 6.86. The summed E-state index contributed by atoms with van der Waals surface area (Å²) >= 11 is 0. The molecule has 4 aliphatic rings. The summed E-state index contributed by atoms with van der Waals surface area (Å²) in [7, 11) is 0. The molecule has 2 saturated heterocycles. The van der Waals surface area contributed by atoms with Crippen molar-refractivity contribution in [3.05, 3.63) is 66.4 Å². The zero-order valence-corrected chi connectivity index (χ0v) is 23.8. The molecule has 13 nitrogen and oxygen atoms in total. The molecule has 2 aromatic heterocycles. The van der Waals surface area contributed by atoms with Crippen LogP contribution in [0.25, 0.3) is 5.78 Å². The van der Waals surface area contributed by atoms with Gasteiger partial charge in [0.05, 0.1) is 18.8 Å². The summed E-state index contributed by atoms with van der Waals surface area (Å²) in [6.07, 6.45) is 8.47. The van der Waals surface area contributed by atoms with Crippen molar-refractivity contribution in [3.8, 4) is 0 Å². The van der Waals surface area contributed by atoms with Gasteiger partial charge in [-0.15, -0.1) is 0 Å². The summed E-state index contributed by atoms with van der Waals surface area (Å²) in [5.74, 6) is -1.68. The lowest BCUT2D eigenvalue weighted by molar-refractivity contribution is -0.133. The van der Waals surface area contributed by atoms with Gasteiger partial charge >= 0.3 is 6.09 Å². The monoisotopic (exact) mass is 605 g/mol. The Bertz CT molecular complexity index is 1660. The zero-order chi connectivity index (χ0) is 30.5. The van der Waals surface area contributed by atoms with Crippen molar-refractivity contribution in [1.29, 1.82) is 0 Å². The van der Waals surface area contributed by atoms with Gasteiger partial charge in [-0.2, -0.15) is 5.10 Å². The lowest BCUT2D eigenvalue weighted by Gasteiger charge is -2.37. The number of nitrogens with zero attached hydrogens (tertiary/aromatic N) is 8. The molecule has 15 heteroatoms. The molecule has 0 spiro atoms. The Morgan fingerprint density at radius 1 is 1.16 bits per heavy atom. The van der Waals surface area contributed by atoms with Gasteiger partial charge < -0.3 is 19.9 Å². The van der Waals surface area contributed by atoms with Crippen molar-refractivity contribution >= 4 is 40.8 Å². The Morgan fingerprint density at radius 2 is 1.93 bits per heavy atom. The van der Waals surface area contributed by atoms with Crippen LogP contribution in [0.3, 0.4) is 0 Å². The molecule has 3 amide bonds. The van der Waals surface area contributed by atoms with Crippen LogP contribution in [0.1, 0.15) is 23.8 Å². The van der Waals surface area contributed by atoms with E-state index < -0.39 is 35.8 Å². The fourth-order valence-electron chi connectivity index (χ4n) is 5.71. The topological polar surface area (TPSA) is 128 Å². The normalized spacial score (nSPS) is 21.7. The Hall–Kier alpha value is -5.08. The summed E-state index contributed by atoms with van der Waals surface area (Å²) in [6.45, 7) is 2.82. The van der Waals surface area contributed by atoms with Crippen molar-refractivity contribution in [2.24, 2.45) is 11.0 Å². The maximum atomic E-state index is 15.3. The number of hydrogen-bond acceptors (Lipinski definition) is 9. The van der Waals surface area contributed by atoms with Crippen LogP contribution in [0.5, 0.6) is 0 Å². The number of fused-ring (bicyclic) bond motifs is 2. The molecule has 44 heavy (non-hydrogen) atoms. The first-order valence-corrected chi connectivity index (χ1v) is 14.4. The second-order valence-corrected chi connectivity index (χ2v) is 11.2. The zero-order valence-electron chi connectivity index (χ0n) is 23.8. The minimum Gasteiger partial charge on any atom is -0.442 e. The number of nitrogens with one attached hydrogen (secondary N) is 1. The number of allylic oxidation sites excluding steroid dienone is 1. The third kappa shape index (κ3) is 5.29. The Balaban J connectivity index is 0.946. The van der Waals surface area contributed by atoms with Crippen LogP contribution in [0.15, 0.2) is 54.2 Å². The Labute approximate surface area is 250 Å². The molecule has 1 aliphatic carbocycles. The van der Waals surface area contributed by atoms with Gasteiger partial charge in [-0.1, -0.05) is 6.08 Å². The number of cyclic esters (lactones) is 1. The van der Waals surface area contributed by atoms with E-state index in [-0.39, 0.29) is 55.7 Å². The summed E-state index contributed by atoms with van der Waals surface area (Å²) in [6, 6.07) is 3.12. The number of amides is 3. The maximum Gasteiger partial charge on any atom is 0.414 e. The van der Waals surface area contributed by atoms with E-state index in [1.807, 2.05) is 6.20 Å². The lowest BCUT2D eigenvalue weighted by atomic mass is 10.1. The van der Waals surface area contributed by atoms with Gasteiger partial charge in [-0.25, -0.2) is 23.5 Å². The first kappa shape index (κ1) is 27.7. The lowest BCUT2D eigenvalue weighted by Crippen LogP contribution is -2.54. The van der Waals surface area contributed by atoms with Crippen LogP contribution in [0.2, 0.25) is 0 Å². The van der Waals surface area contributed by atoms with Gasteiger partial charge in [0, 0.05) is 74.7 Å². The molecule has 3 fully saturated rings. The first-order chi connectivity index (χ1) is 21.2. The average molecular weight is 606 g/mol. The largest absolute Gasteiger partial charge is 0.442 e. The highest BCUT2D eigenvalue weighted by molar-refractivity contribution is 6.03. The van der Waals surface area contributed by atoms with E-state index in [0.717, 1.165) is 24.3 Å². The number of carbonyl (C=O) groups excluding carboxylic acids is 3. The number of piperazine rings is 1. The van der Waals surface area contributed by atoms with Crippen LogP contribution in [-0.2, 0) is 9.53 Å². The van der Waals surface area contributed by atoms with E-state index in [9.17, 15) is 14.4 Å². The fourth-order valence-corrected chi connectivity index (χ4v) is 5.71. The molecule has 0 bridgehead atoms. The molecular formula is C29H29F2N9O4. The van der Waals surface area contributed by atoms with E-state index in [4.69, 9.17) is 4.74 Å². The van der Waals surface area contributed by atoms with Gasteiger partial charge in [-0.3, -0.25) is 23.9 Å². The fraction of sp³-hybridized carbons (Fsp3) is 0.379. The minimum atomic E-state index is -0.840. The molecule has 1 saturated carbocycles. The summed E-state index contributed by atoms with van der Waals surface area (Å²) in [4.78, 5) is 50.8. The molecule has 3 aliphatic heterocycles. The van der Waals surface area contributed by atoms with Gasteiger partial charge in [-0.05, 0) is 19.4 Å². The third-order valence-corrected chi connectivity index (χ3v) is 8.12. The van der Waals surface area contributed by atoms with Crippen LogP contribution >= 0.6 is 0 Å². The number of imidazole rings is 1. The molecule has 3 unspecified atom stereocenters. The molecule has 5 heterocycles. The maximum absolute atomic E-state index is 15.3. The van der Waals surface area contributed by atoms with E-state index in [2.05, 4.69) is 26.5 Å². The summed E-state index contributed by atoms with van der Waals surface area (Å²) in [5, 5.41) is 8.86. The Morgan fingerprint density at radius 3 is 2.66 bits per heavy atom. The van der Waals surface area contributed by atoms with E-state index in [0.29, 0.717) is 18.2 Å². The van der Waals surface area contributed by atoms with Crippen LogP contribution in [-0.4, -0.2) is 99.3 Å². The standard InChI is InChI=1S/C29H29F2N9O4/c1-17(33-26(41)24-16-38-5-2-4-32-28(38)34-24)27(42)37-9-7-36(8-10-37)25-21(30)12-19(13-22(25)31)40-15-20(44-29(40)43)14-39-6-3-18-11-23(18)35-39/h2-6,12-13,16-18,20H,7-11,14-15H2,1H3,(H,33,41). The minimum absolute atomic E-state index is 0.0683. The third-order valence-electron chi connectivity index (χ3n) is 8.12. The van der Waals surface area contributed by atoms with Gasteiger partial charge in [0.1, 0.15) is 23.5 Å². The second-order valence-electron chi connectivity index (χ2n) is 11.2. The van der Waals surface area contributed by atoms with E-state index in [1.54, 1.807) is 39.7 Å². The smallest absolute Gasteiger partial charge is 0.414 e. The number of ether oxygens (including phenoxy) is 1. The average Bonchev–Trinajstić information content (AvgIpc) is 3.48. The number of hydrazone groups is 1. The number of aromatic nitrogens is 3. The highest BCUT2D eigenvalue weighted by Gasteiger charge is 2.37. The van der Waals surface area contributed by atoms with E-state index in [1.165, 1.54) is 16.0 Å². The number of hydrogen-bond donors (Lipinski definition) is 1. The molecular weight excluding hydrogens is 576 g/mol. The second kappa shape index (κ2) is 10.9. The predicted molar refractivity (Wildman–Crippen MR) is 154 cm³/mol. The van der Waals surface area contributed by atoms with Crippen molar-refractivity contribution < 1.29 is 27.9 Å². The van der Waals surface area contributed by atoms with Gasteiger partial charge in [0.25, 0.3) is 5.91 Å². The van der Waals surface area contributed by atoms with Gasteiger partial charge in [0.2, 0.25) is 11.7 Å².